The van der Waals surface area contributed by atoms with Crippen molar-refractivity contribution in [3.8, 4) is 0 Å². The van der Waals surface area contributed by atoms with Crippen LogP contribution < -0.4 is 10.5 Å². The Kier molecular flexibility index (Phi) is 4.73. The van der Waals surface area contributed by atoms with E-state index in [4.69, 9.17) is 5.14 Å². The molecule has 0 fully saturated rings. The molecule has 1 amide bonds. The van der Waals surface area contributed by atoms with Gasteiger partial charge < -0.3 is 5.32 Å². The number of aromatic nitrogens is 2. The van der Waals surface area contributed by atoms with Crippen molar-refractivity contribution in [3.63, 3.8) is 0 Å². The fourth-order valence-corrected chi connectivity index (χ4v) is 2.95. The van der Waals surface area contributed by atoms with Gasteiger partial charge in [-0.1, -0.05) is 18.2 Å². The molecule has 7 nitrogen and oxygen atoms in total. The standard InChI is InChI=1S/C17H16N4O3S/c18-25(23,24)13-6-4-12(5-7-13)8-9-21-17(22)14-2-1-3-15-16(14)20-11-10-19-15/h1-7,10-11H,8-9H2,(H,21,22)(H2,18,23,24). The van der Waals surface area contributed by atoms with Crippen LogP contribution in [0.1, 0.15) is 15.9 Å². The van der Waals surface area contributed by atoms with Crippen LogP contribution in [0.4, 0.5) is 0 Å². The maximum absolute atomic E-state index is 12.4. The van der Waals surface area contributed by atoms with Crippen LogP contribution in [0.2, 0.25) is 0 Å². The second-order valence-electron chi connectivity index (χ2n) is 5.42. The number of benzene rings is 2. The van der Waals surface area contributed by atoms with Gasteiger partial charge in [0.2, 0.25) is 10.0 Å². The lowest BCUT2D eigenvalue weighted by Crippen LogP contribution is -2.26. The number of para-hydroxylation sites is 1. The van der Waals surface area contributed by atoms with Crippen molar-refractivity contribution in [2.45, 2.75) is 11.3 Å². The van der Waals surface area contributed by atoms with E-state index in [1.165, 1.54) is 12.1 Å². The minimum atomic E-state index is -3.69. The van der Waals surface area contributed by atoms with Crippen molar-refractivity contribution < 1.29 is 13.2 Å². The summed E-state index contributed by atoms with van der Waals surface area (Å²) in [4.78, 5) is 20.8. The molecule has 1 aromatic heterocycles. The normalized spacial score (nSPS) is 11.4. The van der Waals surface area contributed by atoms with Crippen molar-refractivity contribution in [2.24, 2.45) is 5.14 Å². The molecule has 0 radical (unpaired) electrons. The topological polar surface area (TPSA) is 115 Å². The van der Waals surface area contributed by atoms with E-state index in [1.54, 1.807) is 42.7 Å². The van der Waals surface area contributed by atoms with Gasteiger partial charge in [-0.3, -0.25) is 14.8 Å². The van der Waals surface area contributed by atoms with E-state index in [0.29, 0.717) is 29.6 Å². The average molecular weight is 356 g/mol. The van der Waals surface area contributed by atoms with Gasteiger partial charge in [-0.15, -0.1) is 0 Å². The molecule has 0 aliphatic carbocycles. The molecule has 0 saturated heterocycles. The zero-order valence-electron chi connectivity index (χ0n) is 13.2. The molecular formula is C17H16N4O3S. The number of nitrogens with one attached hydrogen (secondary N) is 1. The molecule has 2 aromatic carbocycles. The van der Waals surface area contributed by atoms with E-state index in [2.05, 4.69) is 15.3 Å². The largest absolute Gasteiger partial charge is 0.352 e. The highest BCUT2D eigenvalue weighted by Crippen LogP contribution is 2.14. The Morgan fingerprint density at radius 3 is 2.48 bits per heavy atom. The highest BCUT2D eigenvalue weighted by atomic mass is 32.2. The van der Waals surface area contributed by atoms with Gasteiger partial charge in [0.15, 0.2) is 0 Å². The Morgan fingerprint density at radius 1 is 1.04 bits per heavy atom. The van der Waals surface area contributed by atoms with Crippen LogP contribution in [0.5, 0.6) is 0 Å². The Morgan fingerprint density at radius 2 is 1.76 bits per heavy atom. The number of nitrogens with two attached hydrogens (primary N) is 1. The van der Waals surface area contributed by atoms with Gasteiger partial charge in [0, 0.05) is 18.9 Å². The van der Waals surface area contributed by atoms with Gasteiger partial charge in [0.05, 0.1) is 16.0 Å². The van der Waals surface area contributed by atoms with Gasteiger partial charge >= 0.3 is 0 Å². The van der Waals surface area contributed by atoms with Crippen molar-refractivity contribution in [1.29, 1.82) is 0 Å². The third-order valence-corrected chi connectivity index (χ3v) is 4.62. The molecule has 0 aliphatic heterocycles. The molecule has 0 aliphatic rings. The maximum Gasteiger partial charge on any atom is 0.253 e. The quantitative estimate of drug-likeness (QED) is 0.714. The molecule has 128 valence electrons. The summed E-state index contributed by atoms with van der Waals surface area (Å²) in [5.74, 6) is -0.229. The summed E-state index contributed by atoms with van der Waals surface area (Å²) in [5, 5.41) is 7.90. The predicted octanol–water partition coefficient (Wildman–Crippen LogP) is 1.25. The fourth-order valence-electron chi connectivity index (χ4n) is 2.44. The first kappa shape index (κ1) is 17.0. The van der Waals surface area contributed by atoms with Crippen LogP contribution >= 0.6 is 0 Å². The van der Waals surface area contributed by atoms with Gasteiger partial charge in [0.25, 0.3) is 5.91 Å². The molecule has 25 heavy (non-hydrogen) atoms. The molecule has 0 saturated carbocycles. The first-order valence-electron chi connectivity index (χ1n) is 7.55. The van der Waals surface area contributed by atoms with Crippen LogP contribution in [-0.2, 0) is 16.4 Å². The van der Waals surface area contributed by atoms with Crippen LogP contribution in [-0.4, -0.2) is 30.8 Å². The number of nitrogens with zero attached hydrogens (tertiary/aromatic N) is 2. The highest BCUT2D eigenvalue weighted by molar-refractivity contribution is 7.89. The van der Waals surface area contributed by atoms with Crippen LogP contribution in [0.15, 0.2) is 59.8 Å². The molecule has 3 aromatic rings. The van der Waals surface area contributed by atoms with Crippen molar-refractivity contribution >= 4 is 27.0 Å². The Bertz CT molecular complexity index is 1010. The van der Waals surface area contributed by atoms with Crippen molar-refractivity contribution in [2.75, 3.05) is 6.54 Å². The lowest BCUT2D eigenvalue weighted by molar-refractivity contribution is 0.0955. The van der Waals surface area contributed by atoms with E-state index in [1.807, 2.05) is 0 Å². The number of hydrogen-bond acceptors (Lipinski definition) is 5. The van der Waals surface area contributed by atoms with Crippen molar-refractivity contribution in [3.05, 3.63) is 66.0 Å². The number of carbonyl (C=O) groups excluding carboxylic acids is 1. The molecule has 8 heteroatoms. The fraction of sp³-hybridized carbons (Fsp3) is 0.118. The number of amides is 1. The summed E-state index contributed by atoms with van der Waals surface area (Å²) in [6.45, 7) is 0.407. The lowest BCUT2D eigenvalue weighted by Gasteiger charge is -2.07. The molecule has 0 spiro atoms. The summed E-state index contributed by atoms with van der Waals surface area (Å²) in [6, 6.07) is 11.5. The number of carbonyl (C=O) groups is 1. The zero-order chi connectivity index (χ0) is 17.9. The summed E-state index contributed by atoms with van der Waals surface area (Å²) in [5.41, 5.74) is 2.58. The summed E-state index contributed by atoms with van der Waals surface area (Å²) < 4.78 is 22.4. The maximum atomic E-state index is 12.4. The Hall–Kier alpha value is -2.84. The molecule has 3 rings (SSSR count). The number of fused-ring (bicyclic) bond motifs is 1. The van der Waals surface area contributed by atoms with E-state index >= 15 is 0 Å². The number of sulfonamides is 1. The van der Waals surface area contributed by atoms with Gasteiger partial charge in [-0.25, -0.2) is 13.6 Å². The molecule has 1 heterocycles. The van der Waals surface area contributed by atoms with E-state index in [9.17, 15) is 13.2 Å². The van der Waals surface area contributed by atoms with E-state index in [-0.39, 0.29) is 10.8 Å². The predicted molar refractivity (Wildman–Crippen MR) is 93.4 cm³/mol. The minimum absolute atomic E-state index is 0.0645. The van der Waals surface area contributed by atoms with Crippen LogP contribution in [0.3, 0.4) is 0 Å². The van der Waals surface area contributed by atoms with Gasteiger partial charge in [-0.2, -0.15) is 0 Å². The van der Waals surface area contributed by atoms with E-state index < -0.39 is 10.0 Å². The zero-order valence-corrected chi connectivity index (χ0v) is 14.0. The number of hydrogen-bond donors (Lipinski definition) is 2. The second kappa shape index (κ2) is 6.96. The molecular weight excluding hydrogens is 340 g/mol. The second-order valence-corrected chi connectivity index (χ2v) is 6.99. The van der Waals surface area contributed by atoms with E-state index in [0.717, 1.165) is 5.56 Å². The smallest absolute Gasteiger partial charge is 0.253 e. The van der Waals surface area contributed by atoms with Crippen LogP contribution in [0, 0.1) is 0 Å². The third-order valence-electron chi connectivity index (χ3n) is 3.69. The molecule has 0 atom stereocenters. The third kappa shape index (κ3) is 3.98. The first-order valence-corrected chi connectivity index (χ1v) is 9.09. The van der Waals surface area contributed by atoms with Gasteiger partial charge in [-0.05, 0) is 36.2 Å². The average Bonchev–Trinajstić information content (AvgIpc) is 2.61. The minimum Gasteiger partial charge on any atom is -0.352 e. The SMILES string of the molecule is NS(=O)(=O)c1ccc(CCNC(=O)c2cccc3nccnc23)cc1. The highest BCUT2D eigenvalue weighted by Gasteiger charge is 2.11. The monoisotopic (exact) mass is 356 g/mol. The molecule has 3 N–H and O–H groups in total. The number of primary sulfonamides is 1. The lowest BCUT2D eigenvalue weighted by atomic mass is 10.1. The number of rotatable bonds is 5. The molecule has 0 unspecified atom stereocenters. The Labute approximate surface area is 145 Å². The van der Waals surface area contributed by atoms with Crippen LogP contribution in [0.25, 0.3) is 11.0 Å². The molecule has 0 bridgehead atoms. The summed E-state index contributed by atoms with van der Waals surface area (Å²) >= 11 is 0. The Balaban J connectivity index is 1.65. The summed E-state index contributed by atoms with van der Waals surface area (Å²) in [7, 11) is -3.69. The summed E-state index contributed by atoms with van der Waals surface area (Å²) in [6.07, 6.45) is 3.69. The first-order chi connectivity index (χ1) is 11.9. The van der Waals surface area contributed by atoms with Gasteiger partial charge in [0.1, 0.15) is 5.52 Å². The van der Waals surface area contributed by atoms with Crippen molar-refractivity contribution in [1.82, 2.24) is 15.3 Å².